The number of carbonyl (C=O) groups is 1. The van der Waals surface area contributed by atoms with Crippen molar-refractivity contribution in [2.45, 2.75) is 0 Å². The van der Waals surface area contributed by atoms with Gasteiger partial charge in [0.05, 0.1) is 5.56 Å². The zero-order valence-corrected chi connectivity index (χ0v) is 20.9. The van der Waals surface area contributed by atoms with E-state index in [1.54, 1.807) is 24.3 Å². The lowest BCUT2D eigenvalue weighted by Crippen LogP contribution is -2.38. The van der Waals surface area contributed by atoms with Gasteiger partial charge in [0.25, 0.3) is 5.91 Å². The molecule has 37 heavy (non-hydrogen) atoms. The molecule has 5 aromatic rings. The van der Waals surface area contributed by atoms with Gasteiger partial charge in [-0.25, -0.2) is 5.48 Å². The maximum absolute atomic E-state index is 10.7. The zero-order chi connectivity index (χ0) is 26.1. The maximum Gasteiger partial charge on any atom is 0.278 e. The third kappa shape index (κ3) is 5.54. The number of para-hydroxylation sites is 1. The first-order valence-electron chi connectivity index (χ1n) is 11.7. The van der Waals surface area contributed by atoms with Gasteiger partial charge < -0.3 is 10.2 Å². The third-order valence-electron chi connectivity index (χ3n) is 5.92. The molecule has 0 aliphatic heterocycles. The van der Waals surface area contributed by atoms with E-state index in [1.807, 2.05) is 0 Å². The molecular formula is C31H27NO4P+. The van der Waals surface area contributed by atoms with Crippen LogP contribution in [0.4, 0.5) is 0 Å². The van der Waals surface area contributed by atoms with E-state index >= 15 is 0 Å². The lowest BCUT2D eigenvalue weighted by molar-refractivity contribution is 0.0703. The first-order chi connectivity index (χ1) is 18.1. The molecule has 5 nitrogen and oxygen atoms in total. The van der Waals surface area contributed by atoms with Crippen LogP contribution in [-0.4, -0.2) is 21.3 Å². The Bertz CT molecular complexity index is 1330. The number of phenols is 2. The Morgan fingerprint density at radius 1 is 0.514 bits per heavy atom. The second-order valence-corrected chi connectivity index (χ2v) is 11.6. The second kappa shape index (κ2) is 12.0. The van der Waals surface area contributed by atoms with Crippen LogP contribution in [0.3, 0.4) is 0 Å². The fourth-order valence-corrected chi connectivity index (χ4v) is 8.49. The summed E-state index contributed by atoms with van der Waals surface area (Å²) in [6.45, 7) is 0. The van der Waals surface area contributed by atoms with Gasteiger partial charge in [0.15, 0.2) is 0 Å². The number of amides is 1. The van der Waals surface area contributed by atoms with Crippen molar-refractivity contribution in [3.8, 4) is 11.5 Å². The van der Waals surface area contributed by atoms with Gasteiger partial charge in [-0.2, -0.15) is 0 Å². The highest BCUT2D eigenvalue weighted by molar-refractivity contribution is 8.01. The molecule has 0 saturated carbocycles. The van der Waals surface area contributed by atoms with Crippen LogP contribution in [-0.2, 0) is 0 Å². The zero-order valence-electron chi connectivity index (χ0n) is 20.0. The lowest BCUT2D eigenvalue weighted by atomic mass is 10.2. The largest absolute Gasteiger partial charge is 0.508 e. The SMILES string of the molecule is O=C(NO)c1ccccc1O.Oc1ccc([P+](c2ccccc2)(c2ccccc2)c2ccccc2)cc1. The summed E-state index contributed by atoms with van der Waals surface area (Å²) in [6.07, 6.45) is 0. The molecule has 0 aliphatic carbocycles. The molecular weight excluding hydrogens is 481 g/mol. The van der Waals surface area contributed by atoms with Crippen LogP contribution in [0.5, 0.6) is 11.5 Å². The van der Waals surface area contributed by atoms with Crippen LogP contribution in [0.15, 0.2) is 140 Å². The summed E-state index contributed by atoms with van der Waals surface area (Å²) in [7, 11) is -2.04. The number of hydrogen-bond donors (Lipinski definition) is 4. The Hall–Kier alpha value is -4.44. The van der Waals surface area contributed by atoms with Crippen LogP contribution >= 0.6 is 7.26 Å². The van der Waals surface area contributed by atoms with E-state index < -0.39 is 13.2 Å². The van der Waals surface area contributed by atoms with Crippen molar-refractivity contribution in [2.24, 2.45) is 0 Å². The fraction of sp³-hybridized carbons (Fsp3) is 0. The average molecular weight is 509 g/mol. The number of hydrogen-bond acceptors (Lipinski definition) is 4. The van der Waals surface area contributed by atoms with E-state index in [-0.39, 0.29) is 11.3 Å². The number of rotatable bonds is 5. The van der Waals surface area contributed by atoms with Crippen molar-refractivity contribution in [3.05, 3.63) is 145 Å². The predicted octanol–water partition coefficient (Wildman–Crippen LogP) is 4.52. The third-order valence-corrected chi connectivity index (χ3v) is 10.2. The average Bonchev–Trinajstić information content (AvgIpc) is 2.96. The minimum Gasteiger partial charge on any atom is -0.508 e. The summed E-state index contributed by atoms with van der Waals surface area (Å²) in [4.78, 5) is 10.7. The second-order valence-electron chi connectivity index (χ2n) is 8.15. The smallest absolute Gasteiger partial charge is 0.278 e. The summed E-state index contributed by atoms with van der Waals surface area (Å²) >= 11 is 0. The van der Waals surface area contributed by atoms with Crippen molar-refractivity contribution in [2.75, 3.05) is 0 Å². The van der Waals surface area contributed by atoms with E-state index in [4.69, 9.17) is 10.3 Å². The molecule has 0 bridgehead atoms. The number of nitrogens with one attached hydrogen (secondary N) is 1. The van der Waals surface area contributed by atoms with Gasteiger partial charge in [-0.15, -0.1) is 0 Å². The first kappa shape index (κ1) is 25.6. The molecule has 1 amide bonds. The molecule has 0 unspecified atom stereocenters. The predicted molar refractivity (Wildman–Crippen MR) is 150 cm³/mol. The van der Waals surface area contributed by atoms with E-state index in [0.717, 1.165) is 0 Å². The molecule has 0 fully saturated rings. The molecule has 0 spiro atoms. The standard InChI is InChI=1S/C24H19OP.C7H7NO3/c25-20-16-18-24(19-17-20)26(21-10-4-1-5-11-21,22-12-6-2-7-13-22)23-14-8-3-9-15-23;9-6-4-2-1-3-5(6)7(10)8-11/h1-19H;1-4,9,11H,(H,8,10)/p+1. The molecule has 0 atom stereocenters. The van der Waals surface area contributed by atoms with E-state index in [9.17, 15) is 9.90 Å². The maximum atomic E-state index is 10.7. The van der Waals surface area contributed by atoms with Gasteiger partial charge in [-0.3, -0.25) is 10.0 Å². The summed E-state index contributed by atoms with van der Waals surface area (Å²) in [6, 6.07) is 45.8. The van der Waals surface area contributed by atoms with Gasteiger partial charge in [0, 0.05) is 0 Å². The quantitative estimate of drug-likeness (QED) is 0.160. The molecule has 184 valence electrons. The highest BCUT2D eigenvalue weighted by Crippen LogP contribution is 2.54. The molecule has 0 aliphatic rings. The highest BCUT2D eigenvalue weighted by Gasteiger charge is 2.47. The molecule has 5 rings (SSSR count). The van der Waals surface area contributed by atoms with Crippen LogP contribution in [0.1, 0.15) is 10.4 Å². The number of aromatic hydroxyl groups is 2. The molecule has 0 aromatic heterocycles. The van der Waals surface area contributed by atoms with Crippen molar-refractivity contribution >= 4 is 34.4 Å². The fourth-order valence-electron chi connectivity index (χ4n) is 4.25. The Kier molecular flexibility index (Phi) is 8.32. The first-order valence-corrected chi connectivity index (χ1v) is 13.4. The normalized spacial score (nSPS) is 10.6. The molecule has 0 radical (unpaired) electrons. The van der Waals surface area contributed by atoms with E-state index in [0.29, 0.717) is 5.75 Å². The topological polar surface area (TPSA) is 89.8 Å². The minimum atomic E-state index is -2.04. The summed E-state index contributed by atoms with van der Waals surface area (Å²) in [5.41, 5.74) is 1.47. The van der Waals surface area contributed by atoms with E-state index in [1.165, 1.54) is 38.8 Å². The van der Waals surface area contributed by atoms with Crippen molar-refractivity contribution < 1.29 is 20.2 Å². The van der Waals surface area contributed by atoms with Gasteiger partial charge in [-0.1, -0.05) is 66.7 Å². The van der Waals surface area contributed by atoms with Crippen LogP contribution in [0, 0.1) is 0 Å². The summed E-state index contributed by atoms with van der Waals surface area (Å²) in [5, 5.41) is 32.2. The Balaban J connectivity index is 0.000000245. The van der Waals surface area contributed by atoms with Gasteiger partial charge >= 0.3 is 0 Å². The monoisotopic (exact) mass is 508 g/mol. The number of phenolic OH excluding ortho intramolecular Hbond substituents is 2. The van der Waals surface area contributed by atoms with Crippen LogP contribution < -0.4 is 26.7 Å². The lowest BCUT2D eigenvalue weighted by Gasteiger charge is -2.27. The number of hydroxylamine groups is 1. The van der Waals surface area contributed by atoms with Crippen LogP contribution in [0.2, 0.25) is 0 Å². The Morgan fingerprint density at radius 3 is 1.30 bits per heavy atom. The molecule has 6 heteroatoms. The highest BCUT2D eigenvalue weighted by atomic mass is 31.2. The Labute approximate surface area is 216 Å². The van der Waals surface area contributed by atoms with Crippen LogP contribution in [0.25, 0.3) is 0 Å². The summed E-state index contributed by atoms with van der Waals surface area (Å²) < 4.78 is 0. The van der Waals surface area contributed by atoms with Crippen molar-refractivity contribution in [1.29, 1.82) is 0 Å². The molecule has 5 aromatic carbocycles. The molecule has 0 heterocycles. The van der Waals surface area contributed by atoms with Gasteiger partial charge in [0.1, 0.15) is 40.0 Å². The van der Waals surface area contributed by atoms with Crippen molar-refractivity contribution in [1.82, 2.24) is 5.48 Å². The molecule has 0 saturated heterocycles. The summed E-state index contributed by atoms with van der Waals surface area (Å²) in [5.74, 6) is -0.580. The Morgan fingerprint density at radius 2 is 0.892 bits per heavy atom. The molecule has 4 N–H and O–H groups in total. The van der Waals surface area contributed by atoms with Crippen molar-refractivity contribution in [3.63, 3.8) is 0 Å². The number of carbonyl (C=O) groups excluding carboxylic acids is 1. The number of benzene rings is 5. The van der Waals surface area contributed by atoms with Gasteiger partial charge in [0.2, 0.25) is 0 Å². The van der Waals surface area contributed by atoms with Gasteiger partial charge in [-0.05, 0) is 72.8 Å². The van der Waals surface area contributed by atoms with E-state index in [2.05, 4.69) is 103 Å². The minimum absolute atomic E-state index is 0.0509.